The van der Waals surface area contributed by atoms with Crippen LogP contribution in [0.3, 0.4) is 0 Å². The zero-order chi connectivity index (χ0) is 11.4. The van der Waals surface area contributed by atoms with Gasteiger partial charge in [0.15, 0.2) is 0 Å². The van der Waals surface area contributed by atoms with Crippen molar-refractivity contribution in [2.24, 2.45) is 5.92 Å². The molecule has 1 aromatic carbocycles. The first-order valence-electron chi connectivity index (χ1n) is 5.40. The van der Waals surface area contributed by atoms with E-state index >= 15 is 0 Å². The Balaban J connectivity index is 2.61. The lowest BCUT2D eigenvalue weighted by molar-refractivity contribution is 0.578. The number of rotatable bonds is 4. The van der Waals surface area contributed by atoms with Gasteiger partial charge in [0.05, 0.1) is 0 Å². The van der Waals surface area contributed by atoms with Crippen molar-refractivity contribution in [1.29, 1.82) is 0 Å². The normalized spacial score (nSPS) is 13.2. The van der Waals surface area contributed by atoms with Gasteiger partial charge in [-0.25, -0.2) is 4.39 Å². The minimum Gasteiger partial charge on any atom is -0.207 e. The first-order chi connectivity index (χ1) is 7.00. The molecule has 0 heterocycles. The Morgan fingerprint density at radius 1 is 1.33 bits per heavy atom. The van der Waals surface area contributed by atoms with Crippen LogP contribution in [0, 0.1) is 18.7 Å². The van der Waals surface area contributed by atoms with E-state index in [1.54, 1.807) is 6.07 Å². The fourth-order valence-electron chi connectivity index (χ4n) is 1.54. The van der Waals surface area contributed by atoms with Crippen LogP contribution in [0.2, 0.25) is 0 Å². The molecule has 0 saturated heterocycles. The summed E-state index contributed by atoms with van der Waals surface area (Å²) in [5, 5.41) is 0. The van der Waals surface area contributed by atoms with Crippen LogP contribution in [0.4, 0.5) is 4.39 Å². The minimum absolute atomic E-state index is 0.133. The van der Waals surface area contributed by atoms with Crippen LogP contribution < -0.4 is 0 Å². The van der Waals surface area contributed by atoms with Crippen molar-refractivity contribution < 1.29 is 4.39 Å². The molecule has 1 unspecified atom stereocenters. The van der Waals surface area contributed by atoms with Crippen LogP contribution in [0.15, 0.2) is 18.2 Å². The van der Waals surface area contributed by atoms with Gasteiger partial charge in [-0.15, -0.1) is 0 Å². The van der Waals surface area contributed by atoms with Crippen LogP contribution in [-0.4, -0.2) is 4.83 Å². The maximum absolute atomic E-state index is 13.0. The van der Waals surface area contributed by atoms with Crippen molar-refractivity contribution in [3.63, 3.8) is 0 Å². The second-order valence-corrected chi connectivity index (χ2v) is 5.55. The van der Waals surface area contributed by atoms with E-state index in [1.807, 2.05) is 13.0 Å². The van der Waals surface area contributed by atoms with Crippen molar-refractivity contribution in [3.05, 3.63) is 35.1 Å². The highest BCUT2D eigenvalue weighted by Crippen LogP contribution is 2.20. The van der Waals surface area contributed by atoms with Gasteiger partial charge in [-0.05, 0) is 48.9 Å². The van der Waals surface area contributed by atoms with Crippen molar-refractivity contribution in [1.82, 2.24) is 0 Å². The molecule has 0 fully saturated rings. The Hall–Kier alpha value is -0.370. The predicted octanol–water partition coefficient (Wildman–Crippen LogP) is 4.49. The van der Waals surface area contributed by atoms with Crippen molar-refractivity contribution >= 4 is 15.9 Å². The first-order valence-corrected chi connectivity index (χ1v) is 6.31. The molecule has 0 aliphatic rings. The molecule has 0 amide bonds. The molecule has 1 atom stereocenters. The Labute approximate surface area is 100 Å². The van der Waals surface area contributed by atoms with Crippen LogP contribution in [0.25, 0.3) is 0 Å². The van der Waals surface area contributed by atoms with E-state index in [9.17, 15) is 4.39 Å². The Bertz CT molecular complexity index is 320. The average Bonchev–Trinajstić information content (AvgIpc) is 2.18. The van der Waals surface area contributed by atoms with Gasteiger partial charge in [-0.3, -0.25) is 0 Å². The molecule has 0 nitrogen and oxygen atoms in total. The molecule has 0 aliphatic carbocycles. The topological polar surface area (TPSA) is 0 Å². The molecule has 84 valence electrons. The summed E-state index contributed by atoms with van der Waals surface area (Å²) in [7, 11) is 0. The van der Waals surface area contributed by atoms with Crippen LogP contribution >= 0.6 is 15.9 Å². The smallest absolute Gasteiger partial charge is 0.123 e. The van der Waals surface area contributed by atoms with Crippen molar-refractivity contribution in [3.8, 4) is 0 Å². The molecular formula is C13H18BrF. The molecule has 0 bridgehead atoms. The number of halogens is 2. The molecule has 1 aromatic rings. The lowest BCUT2D eigenvalue weighted by atomic mass is 9.99. The highest BCUT2D eigenvalue weighted by molar-refractivity contribution is 9.09. The van der Waals surface area contributed by atoms with E-state index < -0.39 is 0 Å². The Morgan fingerprint density at radius 2 is 2.00 bits per heavy atom. The molecule has 2 heteroatoms. The van der Waals surface area contributed by atoms with Gasteiger partial charge in [0, 0.05) is 4.83 Å². The lowest BCUT2D eigenvalue weighted by Gasteiger charge is -2.14. The fourth-order valence-corrected chi connectivity index (χ4v) is 1.77. The predicted molar refractivity (Wildman–Crippen MR) is 67.0 cm³/mol. The van der Waals surface area contributed by atoms with Gasteiger partial charge in [0.2, 0.25) is 0 Å². The van der Waals surface area contributed by atoms with E-state index in [2.05, 4.69) is 29.8 Å². The third-order valence-corrected chi connectivity index (χ3v) is 4.24. The minimum atomic E-state index is -0.133. The number of alkyl halides is 1. The van der Waals surface area contributed by atoms with Gasteiger partial charge in [0.1, 0.15) is 5.82 Å². The van der Waals surface area contributed by atoms with Crippen molar-refractivity contribution in [2.45, 2.75) is 38.4 Å². The number of aryl methyl sites for hydroxylation is 2. The van der Waals surface area contributed by atoms with Gasteiger partial charge in [-0.1, -0.05) is 35.8 Å². The summed E-state index contributed by atoms with van der Waals surface area (Å²) in [5.41, 5.74) is 2.31. The standard InChI is InChI=1S/C13H18BrF/c1-9(2)13(14)7-5-11-8-12(15)6-4-10(11)3/h4,6,8-9,13H,5,7H2,1-3H3. The number of benzene rings is 1. The van der Waals surface area contributed by atoms with Crippen LogP contribution in [0.1, 0.15) is 31.4 Å². The van der Waals surface area contributed by atoms with E-state index in [1.165, 1.54) is 11.6 Å². The summed E-state index contributed by atoms with van der Waals surface area (Å²) in [6, 6.07) is 5.02. The zero-order valence-corrected chi connectivity index (χ0v) is 11.1. The molecular weight excluding hydrogens is 255 g/mol. The SMILES string of the molecule is Cc1ccc(F)cc1CCC(Br)C(C)C. The third kappa shape index (κ3) is 3.94. The maximum Gasteiger partial charge on any atom is 0.123 e. The number of hydrogen-bond acceptors (Lipinski definition) is 0. The first kappa shape index (κ1) is 12.7. The average molecular weight is 273 g/mol. The summed E-state index contributed by atoms with van der Waals surface area (Å²) in [6.07, 6.45) is 2.00. The Morgan fingerprint density at radius 3 is 2.60 bits per heavy atom. The van der Waals surface area contributed by atoms with Gasteiger partial charge >= 0.3 is 0 Å². The largest absolute Gasteiger partial charge is 0.207 e. The molecule has 0 radical (unpaired) electrons. The highest BCUT2D eigenvalue weighted by atomic mass is 79.9. The monoisotopic (exact) mass is 272 g/mol. The fraction of sp³-hybridized carbons (Fsp3) is 0.538. The molecule has 1 rings (SSSR count). The van der Waals surface area contributed by atoms with Crippen LogP contribution in [-0.2, 0) is 6.42 Å². The lowest BCUT2D eigenvalue weighted by Crippen LogP contribution is -2.08. The van der Waals surface area contributed by atoms with Gasteiger partial charge in [-0.2, -0.15) is 0 Å². The number of hydrogen-bond donors (Lipinski definition) is 0. The highest BCUT2D eigenvalue weighted by Gasteiger charge is 2.10. The molecule has 0 spiro atoms. The quantitative estimate of drug-likeness (QED) is 0.709. The molecule has 0 saturated carbocycles. The van der Waals surface area contributed by atoms with Crippen LogP contribution in [0.5, 0.6) is 0 Å². The maximum atomic E-state index is 13.0. The third-order valence-electron chi connectivity index (χ3n) is 2.72. The van der Waals surface area contributed by atoms with Crippen molar-refractivity contribution in [2.75, 3.05) is 0 Å². The second kappa shape index (κ2) is 5.64. The van der Waals surface area contributed by atoms with E-state index in [0.29, 0.717) is 10.7 Å². The Kier molecular flexibility index (Phi) is 4.78. The molecule has 0 aromatic heterocycles. The van der Waals surface area contributed by atoms with E-state index in [0.717, 1.165) is 18.4 Å². The molecule has 0 aliphatic heterocycles. The zero-order valence-electron chi connectivity index (χ0n) is 9.56. The summed E-state index contributed by atoms with van der Waals surface area (Å²) in [4.78, 5) is 0.514. The summed E-state index contributed by atoms with van der Waals surface area (Å²) in [6.45, 7) is 6.42. The molecule has 15 heavy (non-hydrogen) atoms. The summed E-state index contributed by atoms with van der Waals surface area (Å²) >= 11 is 3.65. The molecule has 0 N–H and O–H groups in total. The summed E-state index contributed by atoms with van der Waals surface area (Å²) < 4.78 is 13.0. The van der Waals surface area contributed by atoms with E-state index in [-0.39, 0.29) is 5.82 Å². The van der Waals surface area contributed by atoms with Gasteiger partial charge in [0.25, 0.3) is 0 Å². The second-order valence-electron chi connectivity index (χ2n) is 4.37. The van der Waals surface area contributed by atoms with E-state index in [4.69, 9.17) is 0 Å². The van der Waals surface area contributed by atoms with Gasteiger partial charge < -0.3 is 0 Å². The summed E-state index contributed by atoms with van der Waals surface area (Å²) in [5.74, 6) is 0.491.